The molecule has 0 aromatic heterocycles. The van der Waals surface area contributed by atoms with E-state index in [1.807, 2.05) is 49.4 Å². The fraction of sp³-hybridized carbons (Fsp3) is 0.316. The fourth-order valence-corrected chi connectivity index (χ4v) is 7.98. The molecule has 4 aromatic carbocycles. The van der Waals surface area contributed by atoms with Gasteiger partial charge in [-0.15, -0.1) is 0 Å². The number of nitrogens with zero attached hydrogens (tertiary/aromatic N) is 2. The van der Waals surface area contributed by atoms with Gasteiger partial charge in [0.05, 0.1) is 27.7 Å². The largest absolute Gasteiger partial charge is 0.497 e. The Kier molecular flexibility index (Phi) is 12.3. The highest BCUT2D eigenvalue weighted by molar-refractivity contribution is 7.92. The van der Waals surface area contributed by atoms with E-state index in [1.54, 1.807) is 43.5 Å². The van der Waals surface area contributed by atoms with E-state index < -0.39 is 28.5 Å². The molecule has 8 nitrogen and oxygen atoms in total. The predicted molar refractivity (Wildman–Crippen MR) is 195 cm³/mol. The Bertz CT molecular complexity index is 1850. The Labute approximate surface area is 299 Å². The van der Waals surface area contributed by atoms with Crippen molar-refractivity contribution in [3.8, 4) is 5.75 Å². The van der Waals surface area contributed by atoms with Crippen molar-refractivity contribution in [3.05, 3.63) is 124 Å². The van der Waals surface area contributed by atoms with Gasteiger partial charge in [0.2, 0.25) is 11.8 Å². The summed E-state index contributed by atoms with van der Waals surface area (Å²) in [6, 6.07) is 26.8. The first-order valence-corrected chi connectivity index (χ1v) is 18.6. The van der Waals surface area contributed by atoms with Crippen LogP contribution in [0.4, 0.5) is 5.69 Å². The minimum atomic E-state index is -4.33. The van der Waals surface area contributed by atoms with Gasteiger partial charge in [0, 0.05) is 19.0 Å². The molecule has 1 fully saturated rings. The van der Waals surface area contributed by atoms with E-state index >= 15 is 0 Å². The number of carbonyl (C=O) groups excluding carboxylic acids is 2. The number of nitrogens with one attached hydrogen (secondary N) is 1. The number of carbonyl (C=O) groups is 2. The van der Waals surface area contributed by atoms with Crippen LogP contribution in [0.15, 0.2) is 102 Å². The van der Waals surface area contributed by atoms with Crippen molar-refractivity contribution >= 4 is 50.7 Å². The number of aryl methyl sites for hydroxylation is 1. The van der Waals surface area contributed by atoms with E-state index in [1.165, 1.54) is 23.1 Å². The maximum atomic E-state index is 14.8. The zero-order valence-corrected chi connectivity index (χ0v) is 30.0. The molecule has 0 aliphatic heterocycles. The Morgan fingerprint density at radius 1 is 0.878 bits per heavy atom. The van der Waals surface area contributed by atoms with Crippen LogP contribution in [0, 0.1) is 6.92 Å². The molecule has 5 rings (SSSR count). The molecule has 2 amide bonds. The molecule has 4 aromatic rings. The van der Waals surface area contributed by atoms with Crippen LogP contribution in [0.3, 0.4) is 0 Å². The fourth-order valence-electron chi connectivity index (χ4n) is 6.10. The van der Waals surface area contributed by atoms with Gasteiger partial charge in [-0.1, -0.05) is 109 Å². The van der Waals surface area contributed by atoms with E-state index in [2.05, 4.69) is 5.32 Å². The lowest BCUT2D eigenvalue weighted by Gasteiger charge is -2.35. The highest BCUT2D eigenvalue weighted by atomic mass is 35.5. The number of ether oxygens (including phenoxy) is 1. The Hall–Kier alpha value is -4.05. The van der Waals surface area contributed by atoms with Gasteiger partial charge in [0.25, 0.3) is 10.0 Å². The van der Waals surface area contributed by atoms with Crippen molar-refractivity contribution in [2.75, 3.05) is 18.0 Å². The van der Waals surface area contributed by atoms with Crippen LogP contribution < -0.4 is 14.4 Å². The quantitative estimate of drug-likeness (QED) is 0.154. The normalized spacial score (nSPS) is 14.1. The molecule has 0 saturated heterocycles. The van der Waals surface area contributed by atoms with E-state index in [9.17, 15) is 18.0 Å². The van der Waals surface area contributed by atoms with E-state index in [4.69, 9.17) is 27.9 Å². The summed E-state index contributed by atoms with van der Waals surface area (Å²) in [6.45, 7) is 1.24. The standard InChI is InChI=1S/C38H41Cl2N3O5S/c1-27-19-21-32(22-20-27)49(46,47)43(34-18-10-17-33(39)37(34)40)26-36(44)42(25-29-13-9-16-31(23-29)48-2)35(24-28-11-5-3-6-12-28)38(45)41-30-14-7-4-8-15-30/h3,5-6,9-13,16-23,30,35H,4,7-8,14-15,24-26H2,1-2H3,(H,41,45). The van der Waals surface area contributed by atoms with Gasteiger partial charge in [-0.05, 0) is 67.3 Å². The van der Waals surface area contributed by atoms with Crippen LogP contribution in [0.5, 0.6) is 5.75 Å². The van der Waals surface area contributed by atoms with E-state index in [0.29, 0.717) is 11.3 Å². The minimum Gasteiger partial charge on any atom is -0.497 e. The molecule has 49 heavy (non-hydrogen) atoms. The summed E-state index contributed by atoms with van der Waals surface area (Å²) in [6.07, 6.45) is 5.11. The number of hydrogen-bond acceptors (Lipinski definition) is 5. The molecule has 11 heteroatoms. The molecule has 0 spiro atoms. The van der Waals surface area contributed by atoms with Crippen LogP contribution in [0.25, 0.3) is 0 Å². The second kappa shape index (κ2) is 16.6. The van der Waals surface area contributed by atoms with E-state index in [-0.39, 0.29) is 45.5 Å². The van der Waals surface area contributed by atoms with Crippen molar-refractivity contribution < 1.29 is 22.7 Å². The molecule has 1 aliphatic carbocycles. The van der Waals surface area contributed by atoms with Crippen LogP contribution in [0.1, 0.15) is 48.8 Å². The van der Waals surface area contributed by atoms with Crippen molar-refractivity contribution in [1.29, 1.82) is 0 Å². The summed E-state index contributed by atoms with van der Waals surface area (Å²) in [5.41, 5.74) is 2.50. The second-order valence-corrected chi connectivity index (χ2v) is 15.0. The molecular weight excluding hydrogens is 681 g/mol. The Morgan fingerprint density at radius 3 is 2.24 bits per heavy atom. The topological polar surface area (TPSA) is 96.0 Å². The van der Waals surface area contributed by atoms with Gasteiger partial charge in [-0.3, -0.25) is 13.9 Å². The lowest BCUT2D eigenvalue weighted by Crippen LogP contribution is -2.55. The summed E-state index contributed by atoms with van der Waals surface area (Å²) in [4.78, 5) is 30.5. The molecule has 1 N–H and O–H groups in total. The van der Waals surface area contributed by atoms with Crippen LogP contribution in [-0.2, 0) is 32.6 Å². The van der Waals surface area contributed by atoms with Crippen molar-refractivity contribution in [3.63, 3.8) is 0 Å². The molecule has 1 unspecified atom stereocenters. The average molecular weight is 723 g/mol. The molecule has 1 aliphatic rings. The van der Waals surface area contributed by atoms with Crippen molar-refractivity contribution in [2.24, 2.45) is 0 Å². The Morgan fingerprint density at radius 2 is 1.55 bits per heavy atom. The molecule has 258 valence electrons. The van der Waals surface area contributed by atoms with Gasteiger partial charge >= 0.3 is 0 Å². The highest BCUT2D eigenvalue weighted by Crippen LogP contribution is 2.36. The van der Waals surface area contributed by atoms with Gasteiger partial charge in [-0.25, -0.2) is 8.42 Å². The van der Waals surface area contributed by atoms with Crippen LogP contribution >= 0.6 is 23.2 Å². The summed E-state index contributed by atoms with van der Waals surface area (Å²) in [5.74, 6) is -0.291. The van der Waals surface area contributed by atoms with Crippen molar-refractivity contribution in [1.82, 2.24) is 10.2 Å². The number of benzene rings is 4. The molecule has 0 bridgehead atoms. The smallest absolute Gasteiger partial charge is 0.264 e. The van der Waals surface area contributed by atoms with Gasteiger partial charge < -0.3 is 15.0 Å². The molecule has 0 radical (unpaired) electrons. The number of methoxy groups -OCH3 is 1. The molecule has 0 heterocycles. The first-order valence-electron chi connectivity index (χ1n) is 16.4. The Balaban J connectivity index is 1.59. The first-order chi connectivity index (χ1) is 23.6. The van der Waals surface area contributed by atoms with Gasteiger partial charge in [-0.2, -0.15) is 0 Å². The summed E-state index contributed by atoms with van der Waals surface area (Å²) in [5, 5.41) is 3.34. The summed E-state index contributed by atoms with van der Waals surface area (Å²) < 4.78 is 35.1. The van der Waals surface area contributed by atoms with Gasteiger partial charge in [0.15, 0.2) is 0 Å². The monoisotopic (exact) mass is 721 g/mol. The van der Waals surface area contributed by atoms with E-state index in [0.717, 1.165) is 47.5 Å². The molecule has 1 atom stereocenters. The van der Waals surface area contributed by atoms with Crippen LogP contribution in [-0.4, -0.2) is 50.9 Å². The SMILES string of the molecule is COc1cccc(CN(C(=O)CN(c2cccc(Cl)c2Cl)S(=O)(=O)c2ccc(C)cc2)C(Cc2ccccc2)C(=O)NC2CCCCC2)c1. The minimum absolute atomic E-state index is 0.00280. The van der Waals surface area contributed by atoms with Crippen molar-refractivity contribution in [2.45, 2.75) is 69.0 Å². The number of rotatable bonds is 13. The predicted octanol–water partition coefficient (Wildman–Crippen LogP) is 7.59. The van der Waals surface area contributed by atoms with Crippen LogP contribution in [0.2, 0.25) is 10.0 Å². The summed E-state index contributed by atoms with van der Waals surface area (Å²) in [7, 11) is -2.77. The molecular formula is C38H41Cl2N3O5S. The lowest BCUT2D eigenvalue weighted by atomic mass is 9.94. The average Bonchev–Trinajstić information content (AvgIpc) is 3.11. The number of halogens is 2. The maximum Gasteiger partial charge on any atom is 0.264 e. The highest BCUT2D eigenvalue weighted by Gasteiger charge is 2.36. The second-order valence-electron chi connectivity index (χ2n) is 12.3. The number of amides is 2. The lowest BCUT2D eigenvalue weighted by molar-refractivity contribution is -0.140. The number of hydrogen-bond donors (Lipinski definition) is 1. The third-order valence-electron chi connectivity index (χ3n) is 8.80. The third-order valence-corrected chi connectivity index (χ3v) is 11.4. The molecule has 1 saturated carbocycles. The third kappa shape index (κ3) is 9.15. The maximum absolute atomic E-state index is 14.8. The zero-order chi connectivity index (χ0) is 35.0. The van der Waals surface area contributed by atoms with Gasteiger partial charge in [0.1, 0.15) is 18.3 Å². The number of sulfonamides is 1. The number of anilines is 1. The zero-order valence-electron chi connectivity index (χ0n) is 27.6. The first kappa shape index (κ1) is 36.2. The summed E-state index contributed by atoms with van der Waals surface area (Å²) >= 11 is 13.0.